The van der Waals surface area contributed by atoms with E-state index in [1.54, 1.807) is 12.1 Å². The van der Waals surface area contributed by atoms with Crippen LogP contribution in [0.4, 0.5) is 5.82 Å². The number of nitrogens with two attached hydrogens (primary N) is 1. The van der Waals surface area contributed by atoms with Crippen molar-refractivity contribution in [2.24, 2.45) is 5.84 Å². The smallest absolute Gasteiger partial charge is 0.239 e. The van der Waals surface area contributed by atoms with Gasteiger partial charge < -0.3 is 10.2 Å². The Balaban J connectivity index is 2.24. The topological polar surface area (TPSA) is 73.1 Å². The Kier molecular flexibility index (Phi) is 3.19. The Morgan fingerprint density at radius 3 is 2.81 bits per heavy atom. The largest absolute Gasteiger partial charge is 0.436 e. The zero-order valence-electron chi connectivity index (χ0n) is 8.22. The molecule has 2 aromatic rings. The second kappa shape index (κ2) is 4.78. The number of benzene rings is 1. The summed E-state index contributed by atoms with van der Waals surface area (Å²) in [5.74, 6) is 6.47. The van der Waals surface area contributed by atoms with E-state index in [1.165, 1.54) is 12.4 Å². The van der Waals surface area contributed by atoms with Crippen molar-refractivity contribution in [3.63, 3.8) is 0 Å². The van der Waals surface area contributed by atoms with Crippen molar-refractivity contribution in [1.82, 2.24) is 9.97 Å². The van der Waals surface area contributed by atoms with Gasteiger partial charge in [-0.05, 0) is 12.1 Å². The van der Waals surface area contributed by atoms with Crippen LogP contribution in [0.15, 0.2) is 36.7 Å². The summed E-state index contributed by atoms with van der Waals surface area (Å²) in [6.45, 7) is 0. The summed E-state index contributed by atoms with van der Waals surface area (Å²) < 4.78 is 5.45. The van der Waals surface area contributed by atoms with Gasteiger partial charge >= 0.3 is 0 Å². The minimum atomic E-state index is 0.323. The number of ether oxygens (including phenoxy) is 1. The Morgan fingerprint density at radius 1 is 1.25 bits per heavy atom. The highest BCUT2D eigenvalue weighted by Crippen LogP contribution is 2.27. The summed E-state index contributed by atoms with van der Waals surface area (Å²) in [6, 6.07) is 7.11. The summed E-state index contributed by atoms with van der Waals surface area (Å²) in [4.78, 5) is 7.96. The number of nitrogens with zero attached hydrogens (tertiary/aromatic N) is 2. The van der Waals surface area contributed by atoms with E-state index in [4.69, 9.17) is 22.2 Å². The van der Waals surface area contributed by atoms with Crippen LogP contribution in [0.1, 0.15) is 0 Å². The van der Waals surface area contributed by atoms with Gasteiger partial charge in [-0.2, -0.15) is 4.98 Å². The summed E-state index contributed by atoms with van der Waals surface area (Å²) in [6.07, 6.45) is 2.96. The van der Waals surface area contributed by atoms with Gasteiger partial charge in [0.1, 0.15) is 5.75 Å². The number of hydrogen-bond donors (Lipinski definition) is 2. The molecule has 2 rings (SSSR count). The van der Waals surface area contributed by atoms with Crippen LogP contribution in [0.25, 0.3) is 0 Å². The van der Waals surface area contributed by atoms with Crippen molar-refractivity contribution in [2.75, 3.05) is 5.43 Å². The van der Waals surface area contributed by atoms with E-state index < -0.39 is 0 Å². The molecule has 5 nitrogen and oxygen atoms in total. The highest BCUT2D eigenvalue weighted by atomic mass is 35.5. The van der Waals surface area contributed by atoms with E-state index in [1.807, 2.05) is 12.1 Å². The third-order valence-corrected chi connectivity index (χ3v) is 2.12. The van der Waals surface area contributed by atoms with Crippen molar-refractivity contribution < 1.29 is 4.74 Å². The Morgan fingerprint density at radius 2 is 2.06 bits per heavy atom. The SMILES string of the molecule is NNc1cncc(Oc2ccccc2Cl)n1. The molecule has 0 radical (unpaired) electrons. The predicted molar refractivity (Wildman–Crippen MR) is 61.4 cm³/mol. The summed E-state index contributed by atoms with van der Waals surface area (Å²) in [7, 11) is 0. The summed E-state index contributed by atoms with van der Waals surface area (Å²) in [5, 5.41) is 0.510. The quantitative estimate of drug-likeness (QED) is 0.631. The molecule has 0 unspecified atom stereocenters. The number of nitrogen functional groups attached to an aromatic ring is 1. The van der Waals surface area contributed by atoms with Crippen molar-refractivity contribution in [3.05, 3.63) is 41.7 Å². The first kappa shape index (κ1) is 10.7. The molecule has 0 fully saturated rings. The predicted octanol–water partition coefficient (Wildman–Crippen LogP) is 2.21. The minimum Gasteiger partial charge on any atom is -0.436 e. The molecule has 6 heteroatoms. The van der Waals surface area contributed by atoms with E-state index in [-0.39, 0.29) is 0 Å². The van der Waals surface area contributed by atoms with Gasteiger partial charge in [0.25, 0.3) is 0 Å². The van der Waals surface area contributed by atoms with Crippen molar-refractivity contribution in [3.8, 4) is 11.6 Å². The van der Waals surface area contributed by atoms with Gasteiger partial charge in [0.15, 0.2) is 5.82 Å². The first-order valence-corrected chi connectivity index (χ1v) is 4.88. The van der Waals surface area contributed by atoms with Crippen LogP contribution in [-0.2, 0) is 0 Å². The number of aromatic nitrogens is 2. The van der Waals surface area contributed by atoms with Gasteiger partial charge in [-0.3, -0.25) is 4.98 Å². The van der Waals surface area contributed by atoms with Crippen LogP contribution in [-0.4, -0.2) is 9.97 Å². The molecule has 3 N–H and O–H groups in total. The molecule has 82 valence electrons. The number of halogens is 1. The standard InChI is InChI=1S/C10H9ClN4O/c11-7-3-1-2-4-8(7)16-10-6-13-5-9(14-10)15-12/h1-6H,12H2,(H,14,15). The molecule has 0 bridgehead atoms. The van der Waals surface area contributed by atoms with Gasteiger partial charge in [-0.1, -0.05) is 23.7 Å². The fourth-order valence-electron chi connectivity index (χ4n) is 1.11. The Labute approximate surface area is 97.2 Å². The van der Waals surface area contributed by atoms with Crippen LogP contribution in [0.3, 0.4) is 0 Å². The van der Waals surface area contributed by atoms with Crippen LogP contribution in [0.2, 0.25) is 5.02 Å². The highest BCUT2D eigenvalue weighted by molar-refractivity contribution is 6.32. The number of hydrogen-bond acceptors (Lipinski definition) is 5. The maximum atomic E-state index is 5.93. The maximum absolute atomic E-state index is 5.93. The van der Waals surface area contributed by atoms with Crippen LogP contribution < -0.4 is 16.0 Å². The molecular formula is C10H9ClN4O. The molecule has 1 heterocycles. The lowest BCUT2D eigenvalue weighted by molar-refractivity contribution is 0.461. The molecule has 1 aromatic heterocycles. The Bertz CT molecular complexity index is 492. The second-order valence-corrected chi connectivity index (χ2v) is 3.33. The summed E-state index contributed by atoms with van der Waals surface area (Å²) >= 11 is 5.93. The normalized spacial score (nSPS) is 9.88. The number of para-hydroxylation sites is 1. The third kappa shape index (κ3) is 2.39. The minimum absolute atomic E-state index is 0.323. The third-order valence-electron chi connectivity index (χ3n) is 1.81. The van der Waals surface area contributed by atoms with Crippen molar-refractivity contribution in [1.29, 1.82) is 0 Å². The van der Waals surface area contributed by atoms with E-state index in [2.05, 4.69) is 15.4 Å². The highest BCUT2D eigenvalue weighted by Gasteiger charge is 2.03. The van der Waals surface area contributed by atoms with Gasteiger partial charge in [0.05, 0.1) is 17.4 Å². The lowest BCUT2D eigenvalue weighted by atomic mass is 10.3. The maximum Gasteiger partial charge on any atom is 0.239 e. The molecule has 0 spiro atoms. The second-order valence-electron chi connectivity index (χ2n) is 2.92. The molecule has 0 saturated heterocycles. The average molecular weight is 237 g/mol. The molecule has 0 saturated carbocycles. The van der Waals surface area contributed by atoms with E-state index in [0.717, 1.165) is 0 Å². The van der Waals surface area contributed by atoms with Gasteiger partial charge in [-0.15, -0.1) is 0 Å². The molecule has 0 aliphatic rings. The van der Waals surface area contributed by atoms with Crippen LogP contribution >= 0.6 is 11.6 Å². The fourth-order valence-corrected chi connectivity index (χ4v) is 1.28. The number of rotatable bonds is 3. The van der Waals surface area contributed by atoms with Gasteiger partial charge in [0, 0.05) is 0 Å². The van der Waals surface area contributed by atoms with E-state index in [0.29, 0.717) is 22.5 Å². The Hall–Kier alpha value is -1.85. The van der Waals surface area contributed by atoms with Crippen LogP contribution in [0.5, 0.6) is 11.6 Å². The molecule has 0 amide bonds. The van der Waals surface area contributed by atoms with Crippen LogP contribution in [0, 0.1) is 0 Å². The molecule has 0 atom stereocenters. The zero-order chi connectivity index (χ0) is 11.4. The first-order valence-electron chi connectivity index (χ1n) is 4.50. The molecule has 16 heavy (non-hydrogen) atoms. The summed E-state index contributed by atoms with van der Waals surface area (Å²) in [5.41, 5.74) is 2.38. The van der Waals surface area contributed by atoms with E-state index in [9.17, 15) is 0 Å². The number of nitrogens with one attached hydrogen (secondary N) is 1. The molecule has 0 aliphatic carbocycles. The lowest BCUT2D eigenvalue weighted by Gasteiger charge is -2.06. The monoisotopic (exact) mass is 236 g/mol. The average Bonchev–Trinajstić information content (AvgIpc) is 2.32. The lowest BCUT2D eigenvalue weighted by Crippen LogP contribution is -2.09. The fraction of sp³-hybridized carbons (Fsp3) is 0. The molecule has 1 aromatic carbocycles. The number of anilines is 1. The number of hydrazine groups is 1. The van der Waals surface area contributed by atoms with Gasteiger partial charge in [-0.25, -0.2) is 5.84 Å². The molecular weight excluding hydrogens is 228 g/mol. The first-order chi connectivity index (χ1) is 7.79. The van der Waals surface area contributed by atoms with Crippen molar-refractivity contribution >= 4 is 17.4 Å². The molecule has 0 aliphatic heterocycles. The van der Waals surface area contributed by atoms with Gasteiger partial charge in [0.2, 0.25) is 5.88 Å². The van der Waals surface area contributed by atoms with Crippen molar-refractivity contribution in [2.45, 2.75) is 0 Å². The zero-order valence-corrected chi connectivity index (χ0v) is 8.98. The van der Waals surface area contributed by atoms with E-state index >= 15 is 0 Å².